The highest BCUT2D eigenvalue weighted by Gasteiger charge is 2.31. The van der Waals surface area contributed by atoms with E-state index < -0.39 is 18.0 Å². The molecular formula is C18H23FN2O3. The van der Waals surface area contributed by atoms with E-state index in [0.717, 1.165) is 25.7 Å². The molecule has 0 radical (unpaired) electrons. The first-order valence-electron chi connectivity index (χ1n) is 8.25. The zero-order chi connectivity index (χ0) is 17.3. The SMILES string of the molecule is COc1cc(F)c2nccc([C@@H](O)[C@H](O)[C@H]3CC[C@H](N)CC3)c2c1. The number of benzene rings is 1. The van der Waals surface area contributed by atoms with Crippen LogP contribution in [0.15, 0.2) is 24.4 Å². The number of rotatable bonds is 4. The van der Waals surface area contributed by atoms with Crippen molar-refractivity contribution in [3.8, 4) is 5.75 Å². The summed E-state index contributed by atoms with van der Waals surface area (Å²) in [6, 6.07) is 4.67. The monoisotopic (exact) mass is 334 g/mol. The molecule has 2 atom stereocenters. The third kappa shape index (κ3) is 3.22. The van der Waals surface area contributed by atoms with Crippen LogP contribution >= 0.6 is 0 Å². The van der Waals surface area contributed by atoms with E-state index >= 15 is 0 Å². The average molecular weight is 334 g/mol. The number of aliphatic hydroxyl groups excluding tert-OH is 2. The van der Waals surface area contributed by atoms with Gasteiger partial charge in [-0.3, -0.25) is 4.98 Å². The summed E-state index contributed by atoms with van der Waals surface area (Å²) in [5, 5.41) is 21.7. The summed E-state index contributed by atoms with van der Waals surface area (Å²) in [6.45, 7) is 0. The van der Waals surface area contributed by atoms with Gasteiger partial charge in [-0.05, 0) is 49.3 Å². The van der Waals surface area contributed by atoms with Crippen molar-refractivity contribution in [1.29, 1.82) is 0 Å². The number of hydrogen-bond acceptors (Lipinski definition) is 5. The Labute approximate surface area is 140 Å². The third-order valence-electron chi connectivity index (χ3n) is 4.98. The number of ether oxygens (including phenoxy) is 1. The lowest BCUT2D eigenvalue weighted by molar-refractivity contribution is -0.0291. The Bertz CT molecular complexity index is 717. The molecule has 5 nitrogen and oxygen atoms in total. The van der Waals surface area contributed by atoms with Crippen LogP contribution in [0.25, 0.3) is 10.9 Å². The molecule has 0 bridgehead atoms. The van der Waals surface area contributed by atoms with Crippen molar-refractivity contribution in [1.82, 2.24) is 4.98 Å². The van der Waals surface area contributed by atoms with Crippen molar-refractivity contribution >= 4 is 10.9 Å². The Morgan fingerprint density at radius 3 is 2.62 bits per heavy atom. The summed E-state index contributed by atoms with van der Waals surface area (Å²) in [7, 11) is 1.45. The minimum absolute atomic E-state index is 0.0153. The minimum atomic E-state index is -1.11. The summed E-state index contributed by atoms with van der Waals surface area (Å²) in [5.41, 5.74) is 6.52. The molecule has 1 heterocycles. The summed E-state index contributed by atoms with van der Waals surface area (Å²) in [4.78, 5) is 4.04. The van der Waals surface area contributed by atoms with E-state index in [1.54, 1.807) is 12.1 Å². The highest BCUT2D eigenvalue weighted by atomic mass is 19.1. The lowest BCUT2D eigenvalue weighted by Gasteiger charge is -2.32. The standard InChI is InChI=1S/C18H23FN2O3/c1-24-12-8-14-13(6-7-21-16(14)15(19)9-12)18(23)17(22)10-2-4-11(20)5-3-10/h6-11,17-18,22-23H,2-5,20H2,1H3/t10-,11-,17-,18-/m1/s1. The molecule has 0 unspecified atom stereocenters. The number of aromatic nitrogens is 1. The van der Waals surface area contributed by atoms with Crippen LogP contribution < -0.4 is 10.5 Å². The van der Waals surface area contributed by atoms with Gasteiger partial charge in [-0.25, -0.2) is 4.39 Å². The van der Waals surface area contributed by atoms with E-state index in [2.05, 4.69) is 4.98 Å². The Morgan fingerprint density at radius 2 is 1.96 bits per heavy atom. The Balaban J connectivity index is 1.94. The van der Waals surface area contributed by atoms with E-state index in [1.807, 2.05) is 0 Å². The first kappa shape index (κ1) is 17.1. The minimum Gasteiger partial charge on any atom is -0.497 e. The van der Waals surface area contributed by atoms with Crippen molar-refractivity contribution < 1.29 is 19.3 Å². The molecule has 1 aromatic heterocycles. The number of methoxy groups -OCH3 is 1. The summed E-state index contributed by atoms with van der Waals surface area (Å²) >= 11 is 0. The van der Waals surface area contributed by atoms with Crippen LogP contribution in [-0.2, 0) is 0 Å². The van der Waals surface area contributed by atoms with Crippen molar-refractivity contribution in [3.05, 3.63) is 35.8 Å². The van der Waals surface area contributed by atoms with Crippen molar-refractivity contribution in [2.24, 2.45) is 11.7 Å². The van der Waals surface area contributed by atoms with Crippen LogP contribution in [-0.4, -0.2) is 34.5 Å². The molecule has 1 aliphatic carbocycles. The zero-order valence-electron chi connectivity index (χ0n) is 13.7. The maximum absolute atomic E-state index is 14.2. The third-order valence-corrected chi connectivity index (χ3v) is 4.98. The van der Waals surface area contributed by atoms with Gasteiger partial charge >= 0.3 is 0 Å². The smallest absolute Gasteiger partial charge is 0.153 e. The first-order chi connectivity index (χ1) is 11.5. The molecule has 1 aromatic carbocycles. The predicted molar refractivity (Wildman–Crippen MR) is 89.2 cm³/mol. The topological polar surface area (TPSA) is 88.6 Å². The number of fused-ring (bicyclic) bond motifs is 1. The fraction of sp³-hybridized carbons (Fsp3) is 0.500. The van der Waals surface area contributed by atoms with Crippen LogP contribution in [0, 0.1) is 11.7 Å². The van der Waals surface area contributed by atoms with Crippen LogP contribution in [0.4, 0.5) is 4.39 Å². The number of halogens is 1. The van der Waals surface area contributed by atoms with E-state index in [9.17, 15) is 14.6 Å². The zero-order valence-corrected chi connectivity index (χ0v) is 13.7. The van der Waals surface area contributed by atoms with Gasteiger partial charge in [0.2, 0.25) is 0 Å². The molecule has 130 valence electrons. The molecular weight excluding hydrogens is 311 g/mol. The number of nitrogens with zero attached hydrogens (tertiary/aromatic N) is 1. The summed E-state index contributed by atoms with van der Waals surface area (Å²) in [6.07, 6.45) is 2.65. The average Bonchev–Trinajstić information content (AvgIpc) is 2.60. The van der Waals surface area contributed by atoms with E-state index in [4.69, 9.17) is 10.5 Å². The van der Waals surface area contributed by atoms with Gasteiger partial charge in [0.05, 0.1) is 13.2 Å². The highest BCUT2D eigenvalue weighted by Crippen LogP contribution is 2.35. The lowest BCUT2D eigenvalue weighted by atomic mass is 9.80. The Morgan fingerprint density at radius 1 is 1.25 bits per heavy atom. The first-order valence-corrected chi connectivity index (χ1v) is 8.25. The molecule has 2 aromatic rings. The maximum atomic E-state index is 14.2. The van der Waals surface area contributed by atoms with Gasteiger partial charge in [0, 0.05) is 23.7 Å². The fourth-order valence-corrected chi connectivity index (χ4v) is 3.51. The normalized spacial score (nSPS) is 23.9. The summed E-state index contributed by atoms with van der Waals surface area (Å²) in [5.74, 6) is -0.186. The van der Waals surface area contributed by atoms with Crippen LogP contribution in [0.2, 0.25) is 0 Å². The summed E-state index contributed by atoms with van der Waals surface area (Å²) < 4.78 is 19.3. The molecule has 0 aliphatic heterocycles. The number of nitrogens with two attached hydrogens (primary N) is 1. The fourth-order valence-electron chi connectivity index (χ4n) is 3.51. The van der Waals surface area contributed by atoms with Crippen LogP contribution in [0.5, 0.6) is 5.75 Å². The van der Waals surface area contributed by atoms with E-state index in [1.165, 1.54) is 19.4 Å². The molecule has 0 spiro atoms. The largest absolute Gasteiger partial charge is 0.497 e. The van der Waals surface area contributed by atoms with Gasteiger partial charge in [0.25, 0.3) is 0 Å². The highest BCUT2D eigenvalue weighted by molar-refractivity contribution is 5.84. The van der Waals surface area contributed by atoms with Crippen LogP contribution in [0.1, 0.15) is 37.4 Å². The molecule has 4 N–H and O–H groups in total. The Hall–Kier alpha value is -1.76. The van der Waals surface area contributed by atoms with Gasteiger partial charge in [0.1, 0.15) is 17.4 Å². The van der Waals surface area contributed by atoms with Crippen LogP contribution in [0.3, 0.4) is 0 Å². The Kier molecular flexibility index (Phi) is 4.99. The van der Waals surface area contributed by atoms with Crippen molar-refractivity contribution in [2.45, 2.75) is 43.9 Å². The van der Waals surface area contributed by atoms with E-state index in [-0.39, 0.29) is 17.5 Å². The number of hydrogen-bond donors (Lipinski definition) is 3. The van der Waals surface area contributed by atoms with Gasteiger partial charge in [-0.1, -0.05) is 0 Å². The predicted octanol–water partition coefficient (Wildman–Crippen LogP) is 2.29. The molecule has 1 fully saturated rings. The second-order valence-electron chi connectivity index (χ2n) is 6.52. The second-order valence-corrected chi connectivity index (χ2v) is 6.52. The van der Waals surface area contributed by atoms with Gasteiger partial charge in [-0.15, -0.1) is 0 Å². The maximum Gasteiger partial charge on any atom is 0.153 e. The number of aliphatic hydroxyl groups is 2. The van der Waals surface area contributed by atoms with Gasteiger partial charge < -0.3 is 20.7 Å². The molecule has 24 heavy (non-hydrogen) atoms. The van der Waals surface area contributed by atoms with E-state index in [0.29, 0.717) is 16.7 Å². The van der Waals surface area contributed by atoms with Crippen molar-refractivity contribution in [2.75, 3.05) is 7.11 Å². The molecule has 1 aliphatic rings. The van der Waals surface area contributed by atoms with Gasteiger partial charge in [0.15, 0.2) is 5.82 Å². The van der Waals surface area contributed by atoms with Crippen molar-refractivity contribution in [3.63, 3.8) is 0 Å². The number of pyridine rings is 1. The molecule has 1 saturated carbocycles. The molecule has 6 heteroatoms. The quantitative estimate of drug-likeness (QED) is 0.798. The second kappa shape index (κ2) is 7.01. The lowest BCUT2D eigenvalue weighted by Crippen LogP contribution is -2.35. The molecule has 0 amide bonds. The molecule has 0 saturated heterocycles. The molecule has 3 rings (SSSR count). The van der Waals surface area contributed by atoms with Gasteiger partial charge in [-0.2, -0.15) is 0 Å².